The molecule has 2 heterocycles. The molecule has 0 N–H and O–H groups in total. The quantitative estimate of drug-likeness (QED) is 0.407. The van der Waals surface area contributed by atoms with Crippen LogP contribution in [0.25, 0.3) is 11.0 Å². The summed E-state index contributed by atoms with van der Waals surface area (Å²) in [6, 6.07) is 18.7. The first-order chi connectivity index (χ1) is 14.3. The smallest absolute Gasteiger partial charge is 0.144 e. The Morgan fingerprint density at radius 1 is 0.867 bits per heavy atom. The summed E-state index contributed by atoms with van der Waals surface area (Å²) in [4.78, 5) is 9.07. The molecule has 0 amide bonds. The second-order valence-corrected chi connectivity index (χ2v) is 7.01. The van der Waals surface area contributed by atoms with Crippen molar-refractivity contribution in [3.05, 3.63) is 89.5 Å². The standard InChI is InChI=1S/C24H25N3O2.ClH/c1-28-17-22-26-23-20(9-8-18-12-14-25-15-13-18)10-11-21(29-2)24(23)27(22)16-19-6-4-3-5-7-19;/h3-7,10-15H,8-9,16-17H2,1-2H3;1H. The van der Waals surface area contributed by atoms with Crippen molar-refractivity contribution in [1.82, 2.24) is 14.5 Å². The van der Waals surface area contributed by atoms with Gasteiger partial charge in [0.25, 0.3) is 0 Å². The van der Waals surface area contributed by atoms with E-state index in [4.69, 9.17) is 14.5 Å². The van der Waals surface area contributed by atoms with E-state index in [0.29, 0.717) is 6.61 Å². The van der Waals surface area contributed by atoms with E-state index in [1.807, 2.05) is 24.5 Å². The van der Waals surface area contributed by atoms with Crippen molar-refractivity contribution in [2.24, 2.45) is 0 Å². The highest BCUT2D eigenvalue weighted by Gasteiger charge is 2.18. The lowest BCUT2D eigenvalue weighted by molar-refractivity contribution is 0.175. The van der Waals surface area contributed by atoms with E-state index in [-0.39, 0.29) is 12.4 Å². The van der Waals surface area contributed by atoms with Crippen LogP contribution in [0.15, 0.2) is 67.0 Å². The minimum Gasteiger partial charge on any atom is -0.494 e. The average Bonchev–Trinajstić information content (AvgIpc) is 3.12. The number of rotatable bonds is 8. The van der Waals surface area contributed by atoms with Crippen LogP contribution in [0.5, 0.6) is 5.75 Å². The summed E-state index contributed by atoms with van der Waals surface area (Å²) in [5, 5.41) is 0. The molecular formula is C24H26ClN3O2. The number of hydrogen-bond acceptors (Lipinski definition) is 4. The number of pyridine rings is 1. The number of aromatic nitrogens is 3. The monoisotopic (exact) mass is 423 g/mol. The van der Waals surface area contributed by atoms with Crippen LogP contribution in [0.2, 0.25) is 0 Å². The molecule has 0 bridgehead atoms. The van der Waals surface area contributed by atoms with Crippen molar-refractivity contribution >= 4 is 23.4 Å². The van der Waals surface area contributed by atoms with Crippen LogP contribution < -0.4 is 4.74 Å². The maximum Gasteiger partial charge on any atom is 0.144 e. The molecular weight excluding hydrogens is 398 g/mol. The van der Waals surface area contributed by atoms with Gasteiger partial charge in [0, 0.05) is 26.0 Å². The Bertz CT molecular complexity index is 1080. The third kappa shape index (κ3) is 4.64. The predicted octanol–water partition coefficient (Wildman–Crippen LogP) is 4.84. The zero-order chi connectivity index (χ0) is 20.1. The fourth-order valence-electron chi connectivity index (χ4n) is 3.68. The Morgan fingerprint density at radius 3 is 2.33 bits per heavy atom. The largest absolute Gasteiger partial charge is 0.494 e. The second kappa shape index (κ2) is 10.2. The van der Waals surface area contributed by atoms with Crippen molar-refractivity contribution in [3.63, 3.8) is 0 Å². The van der Waals surface area contributed by atoms with E-state index >= 15 is 0 Å². The van der Waals surface area contributed by atoms with Crippen molar-refractivity contribution in [3.8, 4) is 5.75 Å². The molecule has 0 aliphatic heterocycles. The number of hydrogen-bond donors (Lipinski definition) is 0. The SMILES string of the molecule is COCc1nc2c(CCc3ccncc3)ccc(OC)c2n1Cc1ccccc1.Cl. The molecule has 0 spiro atoms. The van der Waals surface area contributed by atoms with E-state index in [0.717, 1.165) is 42.0 Å². The van der Waals surface area contributed by atoms with Crippen LogP contribution in [0.1, 0.15) is 22.5 Å². The number of methoxy groups -OCH3 is 2. The second-order valence-electron chi connectivity index (χ2n) is 7.01. The molecule has 2 aromatic heterocycles. The van der Waals surface area contributed by atoms with Crippen molar-refractivity contribution in [2.45, 2.75) is 26.0 Å². The van der Waals surface area contributed by atoms with E-state index in [1.165, 1.54) is 16.7 Å². The van der Waals surface area contributed by atoms with Gasteiger partial charge in [-0.15, -0.1) is 12.4 Å². The summed E-state index contributed by atoms with van der Waals surface area (Å²) in [6.07, 6.45) is 5.52. The number of fused-ring (bicyclic) bond motifs is 1. The highest BCUT2D eigenvalue weighted by atomic mass is 35.5. The topological polar surface area (TPSA) is 49.2 Å². The summed E-state index contributed by atoms with van der Waals surface area (Å²) < 4.78 is 13.4. The van der Waals surface area contributed by atoms with Gasteiger partial charge in [-0.2, -0.15) is 0 Å². The lowest BCUT2D eigenvalue weighted by Gasteiger charge is -2.12. The van der Waals surface area contributed by atoms with Crippen molar-refractivity contribution in [1.29, 1.82) is 0 Å². The van der Waals surface area contributed by atoms with E-state index in [2.05, 4.69) is 52.0 Å². The molecule has 0 atom stereocenters. The van der Waals surface area contributed by atoms with Gasteiger partial charge in [-0.25, -0.2) is 4.98 Å². The van der Waals surface area contributed by atoms with Crippen LogP contribution in [0.4, 0.5) is 0 Å². The third-order valence-corrected chi connectivity index (χ3v) is 5.13. The molecule has 0 aliphatic carbocycles. The van der Waals surface area contributed by atoms with Crippen molar-refractivity contribution in [2.75, 3.05) is 14.2 Å². The molecule has 6 heteroatoms. The lowest BCUT2D eigenvalue weighted by Crippen LogP contribution is -2.06. The lowest BCUT2D eigenvalue weighted by atomic mass is 10.0. The number of halogens is 1. The summed E-state index contributed by atoms with van der Waals surface area (Å²) >= 11 is 0. The maximum absolute atomic E-state index is 5.71. The molecule has 0 saturated heterocycles. The molecule has 0 radical (unpaired) electrons. The highest BCUT2D eigenvalue weighted by molar-refractivity contribution is 5.86. The number of nitrogens with zero attached hydrogens (tertiary/aromatic N) is 3. The summed E-state index contributed by atoms with van der Waals surface area (Å²) in [5.74, 6) is 1.74. The van der Waals surface area contributed by atoms with E-state index in [9.17, 15) is 0 Å². The molecule has 30 heavy (non-hydrogen) atoms. The van der Waals surface area contributed by atoms with Gasteiger partial charge in [0.2, 0.25) is 0 Å². The van der Waals surface area contributed by atoms with Gasteiger partial charge in [0.05, 0.1) is 12.6 Å². The Morgan fingerprint density at radius 2 is 1.63 bits per heavy atom. The average molecular weight is 424 g/mol. The van der Waals surface area contributed by atoms with Gasteiger partial charge in [-0.3, -0.25) is 4.98 Å². The molecule has 156 valence electrons. The zero-order valence-corrected chi connectivity index (χ0v) is 18.1. The van der Waals surface area contributed by atoms with Gasteiger partial charge in [-0.05, 0) is 47.7 Å². The van der Waals surface area contributed by atoms with Gasteiger partial charge in [-0.1, -0.05) is 36.4 Å². The molecule has 4 aromatic rings. The Labute approximate surface area is 183 Å². The first kappa shape index (κ1) is 21.8. The van der Waals surface area contributed by atoms with Crippen LogP contribution in [0, 0.1) is 0 Å². The van der Waals surface area contributed by atoms with Gasteiger partial charge < -0.3 is 14.0 Å². The third-order valence-electron chi connectivity index (χ3n) is 5.13. The number of aryl methyl sites for hydroxylation is 2. The summed E-state index contributed by atoms with van der Waals surface area (Å²) in [5.41, 5.74) is 5.71. The number of imidazole rings is 1. The highest BCUT2D eigenvalue weighted by Crippen LogP contribution is 2.31. The van der Waals surface area contributed by atoms with Crippen molar-refractivity contribution < 1.29 is 9.47 Å². The first-order valence-electron chi connectivity index (χ1n) is 9.77. The Balaban J connectivity index is 0.00000256. The fourth-order valence-corrected chi connectivity index (χ4v) is 3.68. The van der Waals surface area contributed by atoms with Crippen LogP contribution in [0.3, 0.4) is 0 Å². The fraction of sp³-hybridized carbons (Fsp3) is 0.250. The molecule has 4 rings (SSSR count). The Kier molecular flexibility index (Phi) is 7.44. The van der Waals surface area contributed by atoms with Crippen LogP contribution >= 0.6 is 12.4 Å². The molecule has 2 aromatic carbocycles. The molecule has 5 nitrogen and oxygen atoms in total. The molecule has 0 saturated carbocycles. The minimum absolute atomic E-state index is 0. The minimum atomic E-state index is 0. The first-order valence-corrected chi connectivity index (χ1v) is 9.77. The molecule has 0 fully saturated rings. The molecule has 0 aliphatic rings. The van der Waals surface area contributed by atoms with E-state index in [1.54, 1.807) is 14.2 Å². The molecule has 0 unspecified atom stereocenters. The van der Waals surface area contributed by atoms with Gasteiger partial charge in [0.15, 0.2) is 0 Å². The van der Waals surface area contributed by atoms with Gasteiger partial charge in [0.1, 0.15) is 23.7 Å². The Hall–Kier alpha value is -2.89. The summed E-state index contributed by atoms with van der Waals surface area (Å²) in [6.45, 7) is 1.18. The van der Waals surface area contributed by atoms with E-state index < -0.39 is 0 Å². The van der Waals surface area contributed by atoms with Gasteiger partial charge >= 0.3 is 0 Å². The van der Waals surface area contributed by atoms with Crippen LogP contribution in [-0.2, 0) is 30.7 Å². The van der Waals surface area contributed by atoms with Crippen LogP contribution in [-0.4, -0.2) is 28.8 Å². The predicted molar refractivity (Wildman–Crippen MR) is 121 cm³/mol. The normalized spacial score (nSPS) is 10.7. The summed E-state index contributed by atoms with van der Waals surface area (Å²) in [7, 11) is 3.41. The maximum atomic E-state index is 5.71. The number of ether oxygens (including phenoxy) is 2. The number of benzene rings is 2. The zero-order valence-electron chi connectivity index (χ0n) is 17.2.